The molecule has 1 atom stereocenters. The summed E-state index contributed by atoms with van der Waals surface area (Å²) in [6, 6.07) is 10.6. The van der Waals surface area contributed by atoms with Crippen molar-refractivity contribution in [3.8, 4) is 16.9 Å². The molecule has 1 aliphatic heterocycles. The van der Waals surface area contributed by atoms with E-state index < -0.39 is 18.0 Å². The van der Waals surface area contributed by atoms with Crippen molar-refractivity contribution >= 4 is 11.9 Å². The molecule has 0 spiro atoms. The summed E-state index contributed by atoms with van der Waals surface area (Å²) in [6.07, 6.45) is -0.0790. The van der Waals surface area contributed by atoms with Crippen LogP contribution in [0.3, 0.4) is 0 Å². The number of benzene rings is 2. The van der Waals surface area contributed by atoms with Crippen LogP contribution in [0.1, 0.15) is 67.4 Å². The number of carbonyl (C=O) groups excluding carboxylic acids is 2. The highest BCUT2D eigenvalue weighted by Crippen LogP contribution is 2.40. The number of pyridine rings is 1. The number of aryl methyl sites for hydroxylation is 4. The average Bonchev–Trinajstić information content (AvgIpc) is 2.72. The fourth-order valence-electron chi connectivity index (χ4n) is 4.80. The van der Waals surface area contributed by atoms with Gasteiger partial charge < -0.3 is 14.6 Å². The Hall–Kier alpha value is -3.67. The summed E-state index contributed by atoms with van der Waals surface area (Å²) in [4.78, 5) is 30.9. The maximum Gasteiger partial charge on any atom is 0.341 e. The monoisotopic (exact) mass is 445 g/mol. The molecule has 1 aromatic heterocycles. The van der Waals surface area contributed by atoms with E-state index >= 15 is 0 Å². The van der Waals surface area contributed by atoms with Gasteiger partial charge in [-0.3, -0.25) is 4.98 Å². The number of nitrogens with zero attached hydrogens (tertiary/aromatic N) is 1. The van der Waals surface area contributed by atoms with Crippen molar-refractivity contribution in [2.75, 3.05) is 6.61 Å². The summed E-state index contributed by atoms with van der Waals surface area (Å²) >= 11 is 0. The number of hydrogen-bond donors (Lipinski definition) is 1. The van der Waals surface area contributed by atoms with Crippen LogP contribution in [0.5, 0.6) is 5.75 Å². The van der Waals surface area contributed by atoms with Crippen LogP contribution in [0, 0.1) is 27.7 Å². The van der Waals surface area contributed by atoms with Gasteiger partial charge in [0.25, 0.3) is 0 Å². The second-order valence-electron chi connectivity index (χ2n) is 8.45. The molecule has 0 aliphatic carbocycles. The lowest BCUT2D eigenvalue weighted by Gasteiger charge is -2.29. The molecule has 6 heteroatoms. The highest BCUT2D eigenvalue weighted by molar-refractivity contribution is 6.07. The van der Waals surface area contributed by atoms with Crippen LogP contribution in [0.25, 0.3) is 11.1 Å². The average molecular weight is 446 g/mol. The Kier molecular flexibility index (Phi) is 5.93. The van der Waals surface area contributed by atoms with Gasteiger partial charge in [-0.05, 0) is 69.0 Å². The van der Waals surface area contributed by atoms with Gasteiger partial charge in [-0.1, -0.05) is 29.8 Å². The van der Waals surface area contributed by atoms with Gasteiger partial charge in [0.1, 0.15) is 11.9 Å². The molecule has 1 aliphatic rings. The maximum absolute atomic E-state index is 13.4. The molecular formula is C27H27NO5. The molecule has 2 aromatic carbocycles. The van der Waals surface area contributed by atoms with E-state index in [4.69, 9.17) is 9.47 Å². The number of aromatic hydroxyl groups is 1. The molecule has 0 saturated heterocycles. The smallest absolute Gasteiger partial charge is 0.341 e. The van der Waals surface area contributed by atoms with E-state index in [0.717, 1.165) is 22.3 Å². The minimum Gasteiger partial charge on any atom is -0.508 e. The molecule has 6 nitrogen and oxygen atoms in total. The lowest BCUT2D eigenvalue weighted by molar-refractivity contribution is 0.0246. The number of aromatic nitrogens is 1. The summed E-state index contributed by atoms with van der Waals surface area (Å²) in [5.74, 6) is -1.08. The number of phenols is 1. The molecule has 1 N–H and O–H groups in total. The third-order valence-electron chi connectivity index (χ3n) is 5.96. The van der Waals surface area contributed by atoms with Crippen LogP contribution < -0.4 is 0 Å². The van der Waals surface area contributed by atoms with Gasteiger partial charge in [-0.25, -0.2) is 9.59 Å². The Labute approximate surface area is 193 Å². The molecule has 0 radical (unpaired) electrons. The highest BCUT2D eigenvalue weighted by atomic mass is 16.5. The first-order valence-corrected chi connectivity index (χ1v) is 11.0. The van der Waals surface area contributed by atoms with Crippen LogP contribution in [0.4, 0.5) is 0 Å². The van der Waals surface area contributed by atoms with Crippen molar-refractivity contribution in [1.82, 2.24) is 4.98 Å². The molecule has 3 aromatic rings. The second-order valence-corrected chi connectivity index (χ2v) is 8.45. The molecule has 170 valence electrons. The summed E-state index contributed by atoms with van der Waals surface area (Å²) in [6.45, 7) is 9.70. The van der Waals surface area contributed by atoms with Crippen molar-refractivity contribution in [3.63, 3.8) is 0 Å². The molecule has 0 saturated carbocycles. The second kappa shape index (κ2) is 8.70. The summed E-state index contributed by atoms with van der Waals surface area (Å²) in [7, 11) is 0. The number of phenolic OH excluding ortho intramolecular Hbond substituents is 1. The Balaban J connectivity index is 1.93. The summed E-state index contributed by atoms with van der Waals surface area (Å²) < 4.78 is 11.2. The van der Waals surface area contributed by atoms with E-state index in [1.165, 1.54) is 12.1 Å². The first-order chi connectivity index (χ1) is 15.7. The number of ether oxygens (including phenoxy) is 2. The Morgan fingerprint density at radius 2 is 1.82 bits per heavy atom. The van der Waals surface area contributed by atoms with Gasteiger partial charge in [0.05, 0.1) is 29.1 Å². The molecule has 4 rings (SSSR count). The van der Waals surface area contributed by atoms with Crippen molar-refractivity contribution in [3.05, 3.63) is 81.2 Å². The zero-order chi connectivity index (χ0) is 23.9. The Bertz CT molecular complexity index is 1250. The van der Waals surface area contributed by atoms with Crippen molar-refractivity contribution in [1.29, 1.82) is 0 Å². The van der Waals surface area contributed by atoms with E-state index in [2.05, 4.69) is 17.1 Å². The first kappa shape index (κ1) is 22.5. The van der Waals surface area contributed by atoms with Gasteiger partial charge >= 0.3 is 11.9 Å². The van der Waals surface area contributed by atoms with Gasteiger partial charge in [-0.15, -0.1) is 0 Å². The third kappa shape index (κ3) is 4.09. The van der Waals surface area contributed by atoms with E-state index in [0.29, 0.717) is 28.9 Å². The Morgan fingerprint density at radius 3 is 2.45 bits per heavy atom. The molecule has 1 unspecified atom stereocenters. The molecule has 33 heavy (non-hydrogen) atoms. The predicted molar refractivity (Wildman–Crippen MR) is 125 cm³/mol. The van der Waals surface area contributed by atoms with Crippen LogP contribution in [-0.4, -0.2) is 28.6 Å². The molecule has 0 bridgehead atoms. The van der Waals surface area contributed by atoms with Gasteiger partial charge in [0, 0.05) is 12.0 Å². The maximum atomic E-state index is 13.4. The van der Waals surface area contributed by atoms with Gasteiger partial charge in [0.15, 0.2) is 0 Å². The van der Waals surface area contributed by atoms with E-state index in [-0.39, 0.29) is 23.5 Å². The minimum absolute atomic E-state index is 0.0264. The molecular weight excluding hydrogens is 418 g/mol. The topological polar surface area (TPSA) is 85.7 Å². The van der Waals surface area contributed by atoms with Crippen molar-refractivity contribution < 1.29 is 24.2 Å². The number of fused-ring (bicyclic) bond motifs is 1. The lowest BCUT2D eigenvalue weighted by atomic mass is 9.86. The lowest BCUT2D eigenvalue weighted by Crippen LogP contribution is -2.27. The van der Waals surface area contributed by atoms with Crippen molar-refractivity contribution in [2.45, 2.75) is 47.1 Å². The largest absolute Gasteiger partial charge is 0.508 e. The van der Waals surface area contributed by atoms with Gasteiger partial charge in [-0.2, -0.15) is 0 Å². The zero-order valence-electron chi connectivity index (χ0n) is 19.5. The van der Waals surface area contributed by atoms with Crippen molar-refractivity contribution in [2.24, 2.45) is 0 Å². The van der Waals surface area contributed by atoms with E-state index in [9.17, 15) is 14.7 Å². The van der Waals surface area contributed by atoms with E-state index in [1.807, 2.05) is 20.8 Å². The number of rotatable bonds is 4. The standard InChI is InChI=1S/C27H27NO5/c1-6-32-26(30)23-17(5)28-20-13-21(22-15(3)10-14(2)11-16(22)4)33-27(31)25(20)24(23)18-8-7-9-19(29)12-18/h7-12,21,29H,6,13H2,1-5H3. The third-order valence-corrected chi connectivity index (χ3v) is 5.96. The first-order valence-electron chi connectivity index (χ1n) is 11.0. The number of esters is 2. The number of cyclic esters (lactones) is 1. The fourth-order valence-corrected chi connectivity index (χ4v) is 4.80. The fraction of sp³-hybridized carbons (Fsp3) is 0.296. The summed E-state index contributed by atoms with van der Waals surface area (Å²) in [5.41, 5.74) is 6.64. The normalized spacial score (nSPS) is 15.1. The predicted octanol–water partition coefficient (Wildman–Crippen LogP) is 5.32. The zero-order valence-corrected chi connectivity index (χ0v) is 19.5. The van der Waals surface area contributed by atoms with Crippen LogP contribution >= 0.6 is 0 Å². The molecule has 0 amide bonds. The van der Waals surface area contributed by atoms with Crippen LogP contribution in [-0.2, 0) is 15.9 Å². The van der Waals surface area contributed by atoms with Crippen LogP contribution in [0.2, 0.25) is 0 Å². The molecule has 2 heterocycles. The quantitative estimate of drug-likeness (QED) is 0.547. The summed E-state index contributed by atoms with van der Waals surface area (Å²) in [5, 5.41) is 10.1. The number of hydrogen-bond acceptors (Lipinski definition) is 6. The minimum atomic E-state index is -0.566. The van der Waals surface area contributed by atoms with Gasteiger partial charge in [0.2, 0.25) is 0 Å². The van der Waals surface area contributed by atoms with Crippen LogP contribution in [0.15, 0.2) is 36.4 Å². The molecule has 0 fully saturated rings. The SMILES string of the molecule is CCOC(=O)c1c(C)nc2c(c1-c1cccc(O)c1)C(=O)OC(c1c(C)cc(C)cc1C)C2. The highest BCUT2D eigenvalue weighted by Gasteiger charge is 2.36. The van der Waals surface area contributed by atoms with E-state index in [1.54, 1.807) is 26.0 Å². The Morgan fingerprint density at radius 1 is 1.12 bits per heavy atom. The number of carbonyl (C=O) groups is 2.